The molecule has 0 aliphatic rings. The molecule has 0 radical (unpaired) electrons. The van der Waals surface area contributed by atoms with Gasteiger partial charge in [-0.1, -0.05) is 37.6 Å². The highest BCUT2D eigenvalue weighted by Crippen LogP contribution is 2.23. The predicted molar refractivity (Wildman–Crippen MR) is 86.3 cm³/mol. The number of halogens is 1. The van der Waals surface area contributed by atoms with Crippen LogP contribution in [-0.2, 0) is 5.75 Å². The first-order valence-corrected chi connectivity index (χ1v) is 8.18. The van der Waals surface area contributed by atoms with Gasteiger partial charge < -0.3 is 0 Å². The Labute approximate surface area is 129 Å². The van der Waals surface area contributed by atoms with Gasteiger partial charge in [0.25, 0.3) is 0 Å². The SMILES string of the molecule is CCCCC(=O)c1ccc(SCc2cccc(F)c2)cc1. The highest BCUT2D eigenvalue weighted by Gasteiger charge is 2.05. The first-order valence-electron chi connectivity index (χ1n) is 7.19. The fraction of sp³-hybridized carbons (Fsp3) is 0.278. The Morgan fingerprint density at radius 2 is 1.90 bits per heavy atom. The van der Waals surface area contributed by atoms with E-state index in [0.29, 0.717) is 6.42 Å². The summed E-state index contributed by atoms with van der Waals surface area (Å²) >= 11 is 1.64. The molecule has 0 N–H and O–H groups in total. The second-order valence-electron chi connectivity index (χ2n) is 4.97. The lowest BCUT2D eigenvalue weighted by atomic mass is 10.1. The Morgan fingerprint density at radius 1 is 1.14 bits per heavy atom. The molecule has 0 aliphatic heterocycles. The Balaban J connectivity index is 1.92. The summed E-state index contributed by atoms with van der Waals surface area (Å²) in [5.74, 6) is 0.726. The van der Waals surface area contributed by atoms with Gasteiger partial charge >= 0.3 is 0 Å². The summed E-state index contributed by atoms with van der Waals surface area (Å²) in [4.78, 5) is 13.0. The molecule has 2 aromatic carbocycles. The van der Waals surface area contributed by atoms with Crippen molar-refractivity contribution in [3.05, 3.63) is 65.5 Å². The quantitative estimate of drug-likeness (QED) is 0.497. The molecule has 0 fully saturated rings. The molecule has 110 valence electrons. The van der Waals surface area contributed by atoms with E-state index >= 15 is 0 Å². The van der Waals surface area contributed by atoms with Gasteiger partial charge in [-0.3, -0.25) is 4.79 Å². The molecule has 0 atom stereocenters. The summed E-state index contributed by atoms with van der Waals surface area (Å²) in [5.41, 5.74) is 1.74. The number of carbonyl (C=O) groups is 1. The maximum absolute atomic E-state index is 13.1. The lowest BCUT2D eigenvalue weighted by Gasteiger charge is -2.04. The van der Waals surface area contributed by atoms with Crippen molar-refractivity contribution < 1.29 is 9.18 Å². The molecule has 0 aliphatic carbocycles. The number of rotatable bonds is 7. The van der Waals surface area contributed by atoms with Crippen LogP contribution in [0.2, 0.25) is 0 Å². The van der Waals surface area contributed by atoms with Crippen molar-refractivity contribution in [2.75, 3.05) is 0 Å². The molecule has 21 heavy (non-hydrogen) atoms. The maximum atomic E-state index is 13.1. The summed E-state index contributed by atoms with van der Waals surface area (Å²) in [6.07, 6.45) is 2.59. The minimum atomic E-state index is -0.204. The van der Waals surface area contributed by atoms with Crippen LogP contribution >= 0.6 is 11.8 Å². The summed E-state index contributed by atoms with van der Waals surface area (Å²) in [7, 11) is 0. The second kappa shape index (κ2) is 7.99. The molecule has 0 unspecified atom stereocenters. The zero-order valence-corrected chi connectivity index (χ0v) is 13.0. The van der Waals surface area contributed by atoms with Crippen LogP contribution in [0.1, 0.15) is 42.1 Å². The third-order valence-corrected chi connectivity index (χ3v) is 4.31. The molecule has 0 saturated heterocycles. The summed E-state index contributed by atoms with van der Waals surface area (Å²) in [5, 5.41) is 0. The Kier molecular flexibility index (Phi) is 6.00. The van der Waals surface area contributed by atoms with Gasteiger partial charge in [0.15, 0.2) is 5.78 Å². The Hall–Kier alpha value is -1.61. The third-order valence-electron chi connectivity index (χ3n) is 3.23. The smallest absolute Gasteiger partial charge is 0.162 e. The predicted octanol–water partition coefficient (Wildman–Crippen LogP) is 5.49. The second-order valence-corrected chi connectivity index (χ2v) is 6.02. The zero-order chi connectivity index (χ0) is 15.1. The maximum Gasteiger partial charge on any atom is 0.162 e. The van der Waals surface area contributed by atoms with Crippen LogP contribution < -0.4 is 0 Å². The van der Waals surface area contributed by atoms with E-state index in [-0.39, 0.29) is 11.6 Å². The molecule has 2 aromatic rings. The fourth-order valence-electron chi connectivity index (χ4n) is 2.01. The molecular weight excluding hydrogens is 283 g/mol. The minimum absolute atomic E-state index is 0.204. The fourth-order valence-corrected chi connectivity index (χ4v) is 2.85. The highest BCUT2D eigenvalue weighted by molar-refractivity contribution is 7.98. The van der Waals surface area contributed by atoms with Crippen LogP contribution in [0, 0.1) is 5.82 Å². The molecule has 0 aromatic heterocycles. The number of hydrogen-bond donors (Lipinski definition) is 0. The van der Waals surface area contributed by atoms with E-state index in [1.54, 1.807) is 23.9 Å². The van der Waals surface area contributed by atoms with Crippen LogP contribution in [0.3, 0.4) is 0 Å². The highest BCUT2D eigenvalue weighted by atomic mass is 32.2. The Morgan fingerprint density at radius 3 is 2.57 bits per heavy atom. The standard InChI is InChI=1S/C18H19FOS/c1-2-3-7-18(20)15-8-10-17(11-9-15)21-13-14-5-4-6-16(19)12-14/h4-6,8-12H,2-3,7,13H2,1H3. The molecular formula is C18H19FOS. The normalized spacial score (nSPS) is 10.6. The van der Waals surface area contributed by atoms with Crippen molar-refractivity contribution in [3.8, 4) is 0 Å². The van der Waals surface area contributed by atoms with Gasteiger partial charge in [0.05, 0.1) is 0 Å². The van der Waals surface area contributed by atoms with Gasteiger partial charge in [0.2, 0.25) is 0 Å². The molecule has 0 heterocycles. The van der Waals surface area contributed by atoms with E-state index in [9.17, 15) is 9.18 Å². The summed E-state index contributed by atoms with van der Waals surface area (Å²) in [6.45, 7) is 2.08. The molecule has 3 heteroatoms. The summed E-state index contributed by atoms with van der Waals surface area (Å²) in [6, 6.07) is 14.3. The monoisotopic (exact) mass is 302 g/mol. The third kappa shape index (κ3) is 5.01. The van der Waals surface area contributed by atoms with Gasteiger partial charge in [-0.2, -0.15) is 0 Å². The van der Waals surface area contributed by atoms with Crippen molar-refractivity contribution in [1.82, 2.24) is 0 Å². The molecule has 0 amide bonds. The van der Waals surface area contributed by atoms with Crippen molar-refractivity contribution in [3.63, 3.8) is 0 Å². The molecule has 1 nitrogen and oxygen atoms in total. The average Bonchev–Trinajstić information content (AvgIpc) is 2.51. The van der Waals surface area contributed by atoms with E-state index in [1.165, 1.54) is 6.07 Å². The first-order chi connectivity index (χ1) is 10.2. The molecule has 0 bridgehead atoms. The lowest BCUT2D eigenvalue weighted by Crippen LogP contribution is -1.98. The molecule has 0 spiro atoms. The van der Waals surface area contributed by atoms with Crippen molar-refractivity contribution >= 4 is 17.5 Å². The number of unbranched alkanes of at least 4 members (excludes halogenated alkanes) is 1. The lowest BCUT2D eigenvalue weighted by molar-refractivity contribution is 0.0979. The largest absolute Gasteiger partial charge is 0.294 e. The number of thioether (sulfide) groups is 1. The van der Waals surface area contributed by atoms with Crippen LogP contribution in [0.25, 0.3) is 0 Å². The summed E-state index contributed by atoms with van der Waals surface area (Å²) < 4.78 is 13.1. The van der Waals surface area contributed by atoms with E-state index in [1.807, 2.05) is 30.3 Å². The molecule has 2 rings (SSSR count). The topological polar surface area (TPSA) is 17.1 Å². The van der Waals surface area contributed by atoms with Gasteiger partial charge in [0.1, 0.15) is 5.82 Å². The number of ketones is 1. The van der Waals surface area contributed by atoms with Gasteiger partial charge in [-0.05, 0) is 36.2 Å². The van der Waals surface area contributed by atoms with E-state index in [0.717, 1.165) is 34.6 Å². The van der Waals surface area contributed by atoms with Crippen LogP contribution in [0.15, 0.2) is 53.4 Å². The van der Waals surface area contributed by atoms with E-state index in [4.69, 9.17) is 0 Å². The average molecular weight is 302 g/mol. The molecule has 0 saturated carbocycles. The number of hydrogen-bond acceptors (Lipinski definition) is 2. The first kappa shape index (κ1) is 15.8. The van der Waals surface area contributed by atoms with Crippen LogP contribution in [0.5, 0.6) is 0 Å². The van der Waals surface area contributed by atoms with E-state index in [2.05, 4.69) is 6.92 Å². The minimum Gasteiger partial charge on any atom is -0.294 e. The van der Waals surface area contributed by atoms with Gasteiger partial charge in [-0.15, -0.1) is 11.8 Å². The zero-order valence-electron chi connectivity index (χ0n) is 12.1. The van der Waals surface area contributed by atoms with Gasteiger partial charge in [0, 0.05) is 22.6 Å². The number of carbonyl (C=O) groups excluding carboxylic acids is 1. The Bertz CT molecular complexity index is 592. The van der Waals surface area contributed by atoms with Crippen LogP contribution in [0.4, 0.5) is 4.39 Å². The van der Waals surface area contributed by atoms with Crippen LogP contribution in [-0.4, -0.2) is 5.78 Å². The number of Topliss-reactive ketones (excluding diaryl/α,β-unsaturated/α-hetero) is 1. The van der Waals surface area contributed by atoms with Crippen molar-refractivity contribution in [2.45, 2.75) is 36.8 Å². The van der Waals surface area contributed by atoms with Gasteiger partial charge in [-0.25, -0.2) is 4.39 Å². The van der Waals surface area contributed by atoms with E-state index < -0.39 is 0 Å². The number of benzene rings is 2. The van der Waals surface area contributed by atoms with Crippen molar-refractivity contribution in [1.29, 1.82) is 0 Å². The van der Waals surface area contributed by atoms with Crippen molar-refractivity contribution in [2.24, 2.45) is 0 Å².